The number of hydrogen-bond donors (Lipinski definition) is 0. The van der Waals surface area contributed by atoms with E-state index < -0.39 is 0 Å². The molecule has 0 N–H and O–H groups in total. The van der Waals surface area contributed by atoms with Crippen molar-refractivity contribution in [3.8, 4) is 0 Å². The molecule has 0 radical (unpaired) electrons. The molecular formula is C30H18. The van der Waals surface area contributed by atoms with Crippen molar-refractivity contribution in [2.24, 2.45) is 0 Å². The highest BCUT2D eigenvalue weighted by molar-refractivity contribution is 6.30. The molecule has 0 saturated carbocycles. The summed E-state index contributed by atoms with van der Waals surface area (Å²) in [5.74, 6) is 0. The predicted octanol–water partition coefficient (Wildman–Crippen LogP) is 8.61. The van der Waals surface area contributed by atoms with E-state index in [2.05, 4.69) is 109 Å². The molecule has 30 heavy (non-hydrogen) atoms. The van der Waals surface area contributed by atoms with Gasteiger partial charge < -0.3 is 0 Å². The molecule has 0 atom stereocenters. The van der Waals surface area contributed by atoms with Gasteiger partial charge in [-0.25, -0.2) is 0 Å². The number of fused-ring (bicyclic) bond motifs is 10. The maximum atomic E-state index is 2.41. The molecule has 7 rings (SSSR count). The summed E-state index contributed by atoms with van der Waals surface area (Å²) in [7, 11) is 0. The van der Waals surface area contributed by atoms with Gasteiger partial charge in [0, 0.05) is 0 Å². The first-order valence-corrected chi connectivity index (χ1v) is 10.5. The second-order valence-corrected chi connectivity index (χ2v) is 8.20. The SMILES string of the molecule is c1ccc2cc3c(cc2c1)c1ccccc1c1cc2ccc4ccccc4c2cc31. The predicted molar refractivity (Wildman–Crippen MR) is 131 cm³/mol. The van der Waals surface area contributed by atoms with Crippen molar-refractivity contribution in [2.75, 3.05) is 0 Å². The monoisotopic (exact) mass is 378 g/mol. The minimum absolute atomic E-state index is 1.29. The Balaban J connectivity index is 1.80. The quantitative estimate of drug-likeness (QED) is 0.183. The Kier molecular flexibility index (Phi) is 3.09. The Morgan fingerprint density at radius 1 is 0.233 bits per heavy atom. The standard InChI is InChI=1S/C30H18/c1-2-9-21-16-29-27(15-20(21)8-1)24-11-5-6-12-25(24)28-17-22-14-13-19-7-3-4-10-23(19)26(22)18-30(28)29/h1-18H. The van der Waals surface area contributed by atoms with Gasteiger partial charge in [-0.15, -0.1) is 0 Å². The Hall–Kier alpha value is -3.90. The summed E-state index contributed by atoms with van der Waals surface area (Å²) < 4.78 is 0. The molecule has 0 aliphatic carbocycles. The van der Waals surface area contributed by atoms with Gasteiger partial charge >= 0.3 is 0 Å². The lowest BCUT2D eigenvalue weighted by Crippen LogP contribution is -1.86. The van der Waals surface area contributed by atoms with Gasteiger partial charge in [0.2, 0.25) is 0 Å². The first kappa shape index (κ1) is 16.0. The Morgan fingerprint density at radius 3 is 1.33 bits per heavy atom. The lowest BCUT2D eigenvalue weighted by atomic mass is 9.90. The van der Waals surface area contributed by atoms with Crippen LogP contribution in [0.1, 0.15) is 0 Å². The molecule has 0 heterocycles. The lowest BCUT2D eigenvalue weighted by Gasteiger charge is -2.14. The molecule has 0 fully saturated rings. The van der Waals surface area contributed by atoms with Gasteiger partial charge in [0.25, 0.3) is 0 Å². The van der Waals surface area contributed by atoms with Crippen LogP contribution in [0.25, 0.3) is 64.6 Å². The molecule has 0 bridgehead atoms. The van der Waals surface area contributed by atoms with E-state index >= 15 is 0 Å². The maximum absolute atomic E-state index is 2.41. The molecule has 0 nitrogen and oxygen atoms in total. The third kappa shape index (κ3) is 2.11. The smallest absolute Gasteiger partial charge is 0.00921 e. The van der Waals surface area contributed by atoms with Gasteiger partial charge in [-0.05, 0) is 88.9 Å². The molecule has 0 heteroatoms. The molecule has 138 valence electrons. The average Bonchev–Trinajstić information content (AvgIpc) is 2.82. The van der Waals surface area contributed by atoms with Crippen molar-refractivity contribution in [2.45, 2.75) is 0 Å². The van der Waals surface area contributed by atoms with Gasteiger partial charge in [-0.1, -0.05) is 84.9 Å². The second-order valence-electron chi connectivity index (χ2n) is 8.20. The van der Waals surface area contributed by atoms with Crippen LogP contribution >= 0.6 is 0 Å². The average molecular weight is 378 g/mol. The highest BCUT2D eigenvalue weighted by Gasteiger charge is 2.11. The van der Waals surface area contributed by atoms with Crippen LogP contribution in [-0.4, -0.2) is 0 Å². The molecule has 0 saturated heterocycles. The third-order valence-electron chi connectivity index (χ3n) is 6.57. The highest BCUT2D eigenvalue weighted by Crippen LogP contribution is 2.40. The zero-order valence-corrected chi connectivity index (χ0v) is 16.4. The van der Waals surface area contributed by atoms with E-state index in [0.717, 1.165) is 0 Å². The summed E-state index contributed by atoms with van der Waals surface area (Å²) in [6.07, 6.45) is 0. The summed E-state index contributed by atoms with van der Waals surface area (Å²) in [5.41, 5.74) is 0. The molecular weight excluding hydrogens is 360 g/mol. The molecule has 0 amide bonds. The van der Waals surface area contributed by atoms with Crippen molar-refractivity contribution in [3.63, 3.8) is 0 Å². The molecule has 0 aliphatic rings. The van der Waals surface area contributed by atoms with Crippen LogP contribution in [0.3, 0.4) is 0 Å². The number of rotatable bonds is 0. The molecule has 0 aromatic heterocycles. The van der Waals surface area contributed by atoms with E-state index in [1.165, 1.54) is 64.6 Å². The summed E-state index contributed by atoms with van der Waals surface area (Å²) in [6, 6.07) is 40.2. The van der Waals surface area contributed by atoms with Crippen molar-refractivity contribution < 1.29 is 0 Å². The van der Waals surface area contributed by atoms with Crippen LogP contribution in [0.15, 0.2) is 109 Å². The van der Waals surface area contributed by atoms with Crippen molar-refractivity contribution in [3.05, 3.63) is 109 Å². The summed E-state index contributed by atoms with van der Waals surface area (Å²) in [6.45, 7) is 0. The maximum Gasteiger partial charge on any atom is -0.00921 e. The Morgan fingerprint density at radius 2 is 0.667 bits per heavy atom. The van der Waals surface area contributed by atoms with Gasteiger partial charge in [0.1, 0.15) is 0 Å². The zero-order valence-electron chi connectivity index (χ0n) is 16.4. The zero-order chi connectivity index (χ0) is 19.7. The van der Waals surface area contributed by atoms with Gasteiger partial charge in [-0.2, -0.15) is 0 Å². The topological polar surface area (TPSA) is 0 Å². The van der Waals surface area contributed by atoms with Gasteiger partial charge in [0.15, 0.2) is 0 Å². The first-order valence-electron chi connectivity index (χ1n) is 10.5. The van der Waals surface area contributed by atoms with Crippen LogP contribution in [0.2, 0.25) is 0 Å². The van der Waals surface area contributed by atoms with E-state index in [-0.39, 0.29) is 0 Å². The normalized spacial score (nSPS) is 12.0. The van der Waals surface area contributed by atoms with Crippen LogP contribution in [0.4, 0.5) is 0 Å². The summed E-state index contributed by atoms with van der Waals surface area (Å²) in [5, 5.41) is 15.8. The van der Waals surface area contributed by atoms with Crippen LogP contribution in [0.5, 0.6) is 0 Å². The largest absolute Gasteiger partial charge is 0.0616 e. The summed E-state index contributed by atoms with van der Waals surface area (Å²) in [4.78, 5) is 0. The number of benzene rings is 7. The fraction of sp³-hybridized carbons (Fsp3) is 0. The van der Waals surface area contributed by atoms with Crippen LogP contribution in [0, 0.1) is 0 Å². The minimum atomic E-state index is 1.29. The first-order chi connectivity index (χ1) is 14.9. The van der Waals surface area contributed by atoms with E-state index in [9.17, 15) is 0 Å². The molecule has 0 aliphatic heterocycles. The fourth-order valence-corrected chi connectivity index (χ4v) is 5.14. The molecule has 7 aromatic carbocycles. The van der Waals surface area contributed by atoms with Crippen molar-refractivity contribution in [1.82, 2.24) is 0 Å². The number of hydrogen-bond acceptors (Lipinski definition) is 0. The van der Waals surface area contributed by atoms with Crippen molar-refractivity contribution in [1.29, 1.82) is 0 Å². The van der Waals surface area contributed by atoms with E-state index in [1.807, 2.05) is 0 Å². The second kappa shape index (κ2) is 5.81. The lowest BCUT2D eigenvalue weighted by molar-refractivity contribution is 1.78. The van der Waals surface area contributed by atoms with Crippen molar-refractivity contribution >= 4 is 64.6 Å². The van der Waals surface area contributed by atoms with Gasteiger partial charge in [0.05, 0.1) is 0 Å². The van der Waals surface area contributed by atoms with Crippen LogP contribution < -0.4 is 0 Å². The molecule has 0 unspecified atom stereocenters. The fourth-order valence-electron chi connectivity index (χ4n) is 5.14. The van der Waals surface area contributed by atoms with E-state index in [1.54, 1.807) is 0 Å². The van der Waals surface area contributed by atoms with Crippen LogP contribution in [-0.2, 0) is 0 Å². The Labute approximate surface area is 174 Å². The van der Waals surface area contributed by atoms with E-state index in [0.29, 0.717) is 0 Å². The molecule has 0 spiro atoms. The minimum Gasteiger partial charge on any atom is -0.0616 e. The highest BCUT2D eigenvalue weighted by atomic mass is 14.1. The summed E-state index contributed by atoms with van der Waals surface area (Å²) >= 11 is 0. The van der Waals surface area contributed by atoms with Gasteiger partial charge in [-0.3, -0.25) is 0 Å². The third-order valence-corrected chi connectivity index (χ3v) is 6.57. The Bertz CT molecular complexity index is 1790. The van der Waals surface area contributed by atoms with E-state index in [4.69, 9.17) is 0 Å². The molecule has 7 aromatic rings.